The first-order chi connectivity index (χ1) is 15.3. The third kappa shape index (κ3) is 6.06. The van der Waals surface area contributed by atoms with E-state index in [4.69, 9.17) is 5.10 Å². The summed E-state index contributed by atoms with van der Waals surface area (Å²) in [6, 6.07) is 26.1. The average molecular weight is 429 g/mol. The Morgan fingerprint density at radius 1 is 0.935 bits per heavy atom. The highest BCUT2D eigenvalue weighted by Gasteiger charge is 2.13. The fraction of sp³-hybridized carbons (Fsp3) is 0.160. The summed E-state index contributed by atoms with van der Waals surface area (Å²) in [5.41, 5.74) is 5.12. The minimum atomic E-state index is 0.00996. The molecule has 2 aromatic heterocycles. The predicted octanol–water partition coefficient (Wildman–Crippen LogP) is 4.54. The van der Waals surface area contributed by atoms with Crippen LogP contribution in [-0.2, 0) is 23.6 Å². The van der Waals surface area contributed by atoms with E-state index in [1.54, 1.807) is 18.0 Å². The van der Waals surface area contributed by atoms with Crippen LogP contribution in [0, 0.1) is 0 Å². The number of benzene rings is 2. The molecule has 0 aliphatic rings. The monoisotopic (exact) mass is 428 g/mol. The van der Waals surface area contributed by atoms with Gasteiger partial charge < -0.3 is 5.32 Å². The van der Waals surface area contributed by atoms with Crippen LogP contribution in [0.15, 0.2) is 91.3 Å². The minimum Gasteiger partial charge on any atom is -0.351 e. The standard InChI is InChI=1S/C25H24N4OS/c30-24(19-31-18-23-13-7-8-14-26-23)27-15-22-17-29(16-20-9-3-1-4-10-20)28-25(22)21-11-5-2-6-12-21/h1-14,17H,15-16,18-19H2,(H,27,30). The predicted molar refractivity (Wildman–Crippen MR) is 125 cm³/mol. The Morgan fingerprint density at radius 2 is 1.68 bits per heavy atom. The molecule has 0 fully saturated rings. The van der Waals surface area contributed by atoms with E-state index in [1.807, 2.05) is 77.6 Å². The van der Waals surface area contributed by atoms with Crippen molar-refractivity contribution in [1.82, 2.24) is 20.1 Å². The summed E-state index contributed by atoms with van der Waals surface area (Å²) in [5, 5.41) is 7.85. The van der Waals surface area contributed by atoms with Crippen LogP contribution in [0.25, 0.3) is 11.3 Å². The van der Waals surface area contributed by atoms with Crippen molar-refractivity contribution in [1.29, 1.82) is 0 Å². The third-order valence-corrected chi connectivity index (χ3v) is 5.72. The van der Waals surface area contributed by atoms with Gasteiger partial charge in [-0.05, 0) is 17.7 Å². The van der Waals surface area contributed by atoms with E-state index in [0.29, 0.717) is 18.8 Å². The van der Waals surface area contributed by atoms with Crippen molar-refractivity contribution >= 4 is 17.7 Å². The fourth-order valence-electron chi connectivity index (χ4n) is 3.26. The Balaban J connectivity index is 1.40. The molecule has 1 amide bonds. The highest BCUT2D eigenvalue weighted by atomic mass is 32.2. The Labute approximate surface area is 186 Å². The van der Waals surface area contributed by atoms with Crippen molar-refractivity contribution in [3.63, 3.8) is 0 Å². The molecule has 0 radical (unpaired) electrons. The van der Waals surface area contributed by atoms with E-state index >= 15 is 0 Å². The fourth-order valence-corrected chi connectivity index (χ4v) is 4.03. The van der Waals surface area contributed by atoms with Gasteiger partial charge in [0, 0.05) is 35.8 Å². The lowest BCUT2D eigenvalue weighted by molar-refractivity contribution is -0.118. The highest BCUT2D eigenvalue weighted by Crippen LogP contribution is 2.22. The molecule has 2 aromatic carbocycles. The van der Waals surface area contributed by atoms with Crippen LogP contribution in [0.4, 0.5) is 0 Å². The van der Waals surface area contributed by atoms with E-state index in [0.717, 1.165) is 28.3 Å². The highest BCUT2D eigenvalue weighted by molar-refractivity contribution is 7.99. The second-order valence-electron chi connectivity index (χ2n) is 7.14. The molecule has 0 saturated heterocycles. The number of thioether (sulfide) groups is 1. The average Bonchev–Trinajstić information content (AvgIpc) is 3.22. The van der Waals surface area contributed by atoms with Gasteiger partial charge in [-0.3, -0.25) is 14.5 Å². The van der Waals surface area contributed by atoms with Gasteiger partial charge in [0.15, 0.2) is 0 Å². The maximum absolute atomic E-state index is 12.4. The number of aromatic nitrogens is 3. The quantitative estimate of drug-likeness (QED) is 0.425. The Bertz CT molecular complexity index is 1100. The SMILES string of the molecule is O=C(CSCc1ccccn1)NCc1cn(Cc2ccccc2)nc1-c1ccccc1. The van der Waals surface area contributed by atoms with Crippen LogP contribution in [0.3, 0.4) is 0 Å². The summed E-state index contributed by atoms with van der Waals surface area (Å²) >= 11 is 1.56. The van der Waals surface area contributed by atoms with Crippen LogP contribution < -0.4 is 5.32 Å². The molecule has 0 spiro atoms. The zero-order valence-corrected chi connectivity index (χ0v) is 18.0. The molecular weight excluding hydrogens is 404 g/mol. The van der Waals surface area contributed by atoms with Gasteiger partial charge in [0.2, 0.25) is 5.91 Å². The molecule has 4 rings (SSSR count). The van der Waals surface area contributed by atoms with Crippen molar-refractivity contribution < 1.29 is 4.79 Å². The van der Waals surface area contributed by atoms with Crippen LogP contribution >= 0.6 is 11.8 Å². The molecule has 156 valence electrons. The van der Waals surface area contributed by atoms with Crippen molar-refractivity contribution in [2.24, 2.45) is 0 Å². The van der Waals surface area contributed by atoms with E-state index in [2.05, 4.69) is 22.4 Å². The summed E-state index contributed by atoms with van der Waals surface area (Å²) in [6.07, 6.45) is 3.80. The summed E-state index contributed by atoms with van der Waals surface area (Å²) in [6.45, 7) is 1.14. The van der Waals surface area contributed by atoms with Gasteiger partial charge in [0.25, 0.3) is 0 Å². The van der Waals surface area contributed by atoms with Gasteiger partial charge in [0.05, 0.1) is 23.7 Å². The normalized spacial score (nSPS) is 10.7. The van der Waals surface area contributed by atoms with Crippen molar-refractivity contribution in [3.8, 4) is 11.3 Å². The largest absolute Gasteiger partial charge is 0.351 e. The Morgan fingerprint density at radius 3 is 2.42 bits per heavy atom. The van der Waals surface area contributed by atoms with Crippen LogP contribution in [0.5, 0.6) is 0 Å². The molecule has 6 heteroatoms. The molecule has 0 aliphatic heterocycles. The van der Waals surface area contributed by atoms with E-state index in [9.17, 15) is 4.79 Å². The molecule has 31 heavy (non-hydrogen) atoms. The number of hydrogen-bond acceptors (Lipinski definition) is 4. The summed E-state index contributed by atoms with van der Waals surface area (Å²) in [4.78, 5) is 16.7. The van der Waals surface area contributed by atoms with Crippen molar-refractivity contribution in [2.45, 2.75) is 18.8 Å². The maximum Gasteiger partial charge on any atom is 0.230 e. The molecular formula is C25H24N4OS. The number of carbonyl (C=O) groups excluding carboxylic acids is 1. The molecule has 0 aliphatic carbocycles. The zero-order chi connectivity index (χ0) is 21.3. The number of rotatable bonds is 9. The molecule has 0 unspecified atom stereocenters. The smallest absolute Gasteiger partial charge is 0.230 e. The minimum absolute atomic E-state index is 0.00996. The summed E-state index contributed by atoms with van der Waals surface area (Å²) < 4.78 is 1.94. The first-order valence-electron chi connectivity index (χ1n) is 10.2. The Kier molecular flexibility index (Phi) is 7.13. The lowest BCUT2D eigenvalue weighted by atomic mass is 10.1. The number of nitrogens with zero attached hydrogens (tertiary/aromatic N) is 3. The summed E-state index contributed by atoms with van der Waals surface area (Å²) in [7, 11) is 0. The topological polar surface area (TPSA) is 59.8 Å². The van der Waals surface area contributed by atoms with Crippen LogP contribution in [0.1, 0.15) is 16.8 Å². The van der Waals surface area contributed by atoms with Gasteiger partial charge in [-0.1, -0.05) is 66.7 Å². The number of nitrogens with one attached hydrogen (secondary N) is 1. The van der Waals surface area contributed by atoms with Gasteiger partial charge in [-0.25, -0.2) is 0 Å². The van der Waals surface area contributed by atoms with E-state index < -0.39 is 0 Å². The Hall–Kier alpha value is -3.38. The molecule has 2 heterocycles. The molecule has 0 atom stereocenters. The van der Waals surface area contributed by atoms with Gasteiger partial charge in [-0.15, -0.1) is 11.8 Å². The lowest BCUT2D eigenvalue weighted by Gasteiger charge is -2.06. The van der Waals surface area contributed by atoms with Crippen LogP contribution in [-0.4, -0.2) is 26.4 Å². The molecule has 4 aromatic rings. The number of hydrogen-bond donors (Lipinski definition) is 1. The van der Waals surface area contributed by atoms with E-state index in [-0.39, 0.29) is 5.91 Å². The van der Waals surface area contributed by atoms with Gasteiger partial charge in [-0.2, -0.15) is 5.10 Å². The van der Waals surface area contributed by atoms with Gasteiger partial charge in [0.1, 0.15) is 0 Å². The first kappa shape index (κ1) is 20.9. The maximum atomic E-state index is 12.4. The molecule has 0 bridgehead atoms. The van der Waals surface area contributed by atoms with Gasteiger partial charge >= 0.3 is 0 Å². The number of carbonyl (C=O) groups is 1. The number of pyridine rings is 1. The van der Waals surface area contributed by atoms with E-state index in [1.165, 1.54) is 5.56 Å². The molecule has 5 nitrogen and oxygen atoms in total. The van der Waals surface area contributed by atoms with Crippen LogP contribution in [0.2, 0.25) is 0 Å². The van der Waals surface area contributed by atoms with Crippen molar-refractivity contribution in [3.05, 3.63) is 108 Å². The first-order valence-corrected chi connectivity index (χ1v) is 11.3. The molecule has 0 saturated carbocycles. The molecule has 1 N–H and O–H groups in total. The zero-order valence-electron chi connectivity index (χ0n) is 17.1. The second-order valence-corrected chi connectivity index (χ2v) is 8.13. The lowest BCUT2D eigenvalue weighted by Crippen LogP contribution is -2.24. The second kappa shape index (κ2) is 10.6. The number of amides is 1. The summed E-state index contributed by atoms with van der Waals surface area (Å²) in [5.74, 6) is 1.13. The third-order valence-electron chi connectivity index (χ3n) is 4.76. The van der Waals surface area contributed by atoms with Crippen molar-refractivity contribution in [2.75, 3.05) is 5.75 Å².